The molecule has 6 heteroatoms. The minimum atomic E-state index is -1.46. The van der Waals surface area contributed by atoms with Crippen LogP contribution in [0.4, 0.5) is 8.78 Å². The lowest BCUT2D eigenvalue weighted by Crippen LogP contribution is -2.57. The molecule has 0 aliphatic heterocycles. The molecule has 19 heavy (non-hydrogen) atoms. The molecule has 1 fully saturated rings. The Labute approximate surface area is 108 Å². The van der Waals surface area contributed by atoms with Gasteiger partial charge in [-0.1, -0.05) is 12.1 Å². The summed E-state index contributed by atoms with van der Waals surface area (Å²) in [5.41, 5.74) is -1.62. The molecule has 0 spiro atoms. The standard InChI is InChI=1S/C13H13F2NO3/c1-7(17)16-8-5-13(6-8,12(18)19)9-3-2-4-10(14)11(9)15/h2-4,8H,5-6H2,1H3,(H,16,17)(H,18,19). The van der Waals surface area contributed by atoms with E-state index in [1.165, 1.54) is 19.1 Å². The van der Waals surface area contributed by atoms with Gasteiger partial charge in [-0.3, -0.25) is 9.59 Å². The Hall–Kier alpha value is -1.98. The van der Waals surface area contributed by atoms with Crippen molar-refractivity contribution in [2.75, 3.05) is 0 Å². The molecule has 0 atom stereocenters. The van der Waals surface area contributed by atoms with E-state index in [9.17, 15) is 23.5 Å². The average molecular weight is 269 g/mol. The monoisotopic (exact) mass is 269 g/mol. The third kappa shape index (κ3) is 2.18. The van der Waals surface area contributed by atoms with Crippen molar-refractivity contribution >= 4 is 11.9 Å². The molecule has 0 bridgehead atoms. The smallest absolute Gasteiger partial charge is 0.314 e. The lowest BCUT2D eigenvalue weighted by Gasteiger charge is -2.44. The Morgan fingerprint density at radius 2 is 2.00 bits per heavy atom. The minimum absolute atomic E-state index is 0.0578. The summed E-state index contributed by atoms with van der Waals surface area (Å²) in [5.74, 6) is -3.69. The maximum Gasteiger partial charge on any atom is 0.314 e. The number of carboxylic acid groups (broad SMARTS) is 1. The fraction of sp³-hybridized carbons (Fsp3) is 0.385. The first kappa shape index (κ1) is 13.5. The molecule has 1 aromatic rings. The summed E-state index contributed by atoms with van der Waals surface area (Å²) in [6.45, 7) is 1.32. The zero-order valence-electron chi connectivity index (χ0n) is 10.2. The molecule has 0 saturated heterocycles. The largest absolute Gasteiger partial charge is 0.481 e. The van der Waals surface area contributed by atoms with E-state index >= 15 is 0 Å². The second-order valence-electron chi connectivity index (χ2n) is 4.79. The Morgan fingerprint density at radius 3 is 2.53 bits per heavy atom. The predicted molar refractivity (Wildman–Crippen MR) is 62.5 cm³/mol. The quantitative estimate of drug-likeness (QED) is 0.875. The van der Waals surface area contributed by atoms with E-state index in [4.69, 9.17) is 0 Å². The molecule has 1 aliphatic rings. The maximum absolute atomic E-state index is 13.7. The topological polar surface area (TPSA) is 66.4 Å². The summed E-state index contributed by atoms with van der Waals surface area (Å²) in [6, 6.07) is 3.18. The second kappa shape index (κ2) is 4.60. The van der Waals surface area contributed by atoms with Crippen molar-refractivity contribution in [3.8, 4) is 0 Å². The van der Waals surface area contributed by atoms with Gasteiger partial charge in [-0.05, 0) is 18.9 Å². The van der Waals surface area contributed by atoms with Crippen LogP contribution in [0, 0.1) is 11.6 Å². The first-order valence-electron chi connectivity index (χ1n) is 5.82. The van der Waals surface area contributed by atoms with Crippen molar-refractivity contribution in [1.82, 2.24) is 5.32 Å². The molecule has 1 amide bonds. The maximum atomic E-state index is 13.7. The summed E-state index contributed by atoms with van der Waals surface area (Å²) >= 11 is 0. The van der Waals surface area contributed by atoms with Crippen LogP contribution in [-0.4, -0.2) is 23.0 Å². The Balaban J connectivity index is 2.31. The van der Waals surface area contributed by atoms with Gasteiger partial charge in [0.2, 0.25) is 5.91 Å². The third-order valence-corrected chi connectivity index (χ3v) is 3.47. The molecule has 1 saturated carbocycles. The van der Waals surface area contributed by atoms with Crippen molar-refractivity contribution < 1.29 is 23.5 Å². The summed E-state index contributed by atoms with van der Waals surface area (Å²) in [4.78, 5) is 22.3. The number of hydrogen-bond donors (Lipinski definition) is 2. The fourth-order valence-corrected chi connectivity index (χ4v) is 2.55. The molecule has 0 unspecified atom stereocenters. The predicted octanol–water partition coefficient (Wildman–Crippen LogP) is 1.59. The number of carboxylic acids is 1. The van der Waals surface area contributed by atoms with Crippen molar-refractivity contribution in [1.29, 1.82) is 0 Å². The number of amides is 1. The van der Waals surface area contributed by atoms with Gasteiger partial charge in [0.1, 0.15) is 0 Å². The average Bonchev–Trinajstić information content (AvgIpc) is 2.26. The molecule has 2 N–H and O–H groups in total. The van der Waals surface area contributed by atoms with Crippen LogP contribution in [0.25, 0.3) is 0 Å². The fourth-order valence-electron chi connectivity index (χ4n) is 2.55. The SMILES string of the molecule is CC(=O)NC1CC(C(=O)O)(c2cccc(F)c2F)C1. The van der Waals surface area contributed by atoms with Crippen molar-refractivity contribution in [3.05, 3.63) is 35.4 Å². The van der Waals surface area contributed by atoms with Crippen molar-refractivity contribution in [3.63, 3.8) is 0 Å². The van der Waals surface area contributed by atoms with Gasteiger partial charge >= 0.3 is 5.97 Å². The van der Waals surface area contributed by atoms with Crippen LogP contribution < -0.4 is 5.32 Å². The summed E-state index contributed by atoms with van der Waals surface area (Å²) in [5, 5.41) is 11.9. The number of rotatable bonds is 3. The molecule has 1 aliphatic carbocycles. The third-order valence-electron chi connectivity index (χ3n) is 3.47. The molecule has 102 valence electrons. The highest BCUT2D eigenvalue weighted by Crippen LogP contribution is 2.45. The normalized spacial score (nSPS) is 25.5. The van der Waals surface area contributed by atoms with E-state index in [1.54, 1.807) is 0 Å². The molecular weight excluding hydrogens is 256 g/mol. The van der Waals surface area contributed by atoms with Gasteiger partial charge in [0, 0.05) is 18.5 Å². The van der Waals surface area contributed by atoms with E-state index < -0.39 is 23.0 Å². The van der Waals surface area contributed by atoms with Gasteiger partial charge < -0.3 is 10.4 Å². The first-order chi connectivity index (χ1) is 8.86. The van der Waals surface area contributed by atoms with Gasteiger partial charge in [0.05, 0.1) is 5.41 Å². The van der Waals surface area contributed by atoms with Crippen LogP contribution in [0.2, 0.25) is 0 Å². The number of nitrogens with one attached hydrogen (secondary N) is 1. The first-order valence-corrected chi connectivity index (χ1v) is 5.82. The molecular formula is C13H13F2NO3. The summed E-state index contributed by atoms with van der Waals surface area (Å²) < 4.78 is 26.9. The van der Waals surface area contributed by atoms with E-state index in [0.717, 1.165) is 6.07 Å². The Morgan fingerprint density at radius 1 is 1.37 bits per heavy atom. The van der Waals surface area contributed by atoms with E-state index in [0.29, 0.717) is 0 Å². The molecule has 0 radical (unpaired) electrons. The number of carbonyl (C=O) groups excluding carboxylic acids is 1. The Kier molecular flexibility index (Phi) is 3.26. The zero-order valence-corrected chi connectivity index (χ0v) is 10.2. The van der Waals surface area contributed by atoms with Gasteiger partial charge in [0.25, 0.3) is 0 Å². The molecule has 0 heterocycles. The van der Waals surface area contributed by atoms with Crippen LogP contribution in [0.15, 0.2) is 18.2 Å². The molecule has 0 aromatic heterocycles. The van der Waals surface area contributed by atoms with Crippen LogP contribution in [0.5, 0.6) is 0 Å². The minimum Gasteiger partial charge on any atom is -0.481 e. The van der Waals surface area contributed by atoms with Crippen molar-refractivity contribution in [2.24, 2.45) is 0 Å². The van der Waals surface area contributed by atoms with Crippen molar-refractivity contribution in [2.45, 2.75) is 31.2 Å². The van der Waals surface area contributed by atoms with Crippen LogP contribution >= 0.6 is 0 Å². The lowest BCUT2D eigenvalue weighted by atomic mass is 9.61. The number of benzene rings is 1. The highest BCUT2D eigenvalue weighted by molar-refractivity contribution is 5.84. The lowest BCUT2D eigenvalue weighted by molar-refractivity contribution is -0.149. The second-order valence-corrected chi connectivity index (χ2v) is 4.79. The molecule has 1 aromatic carbocycles. The van der Waals surface area contributed by atoms with E-state index in [1.807, 2.05) is 0 Å². The van der Waals surface area contributed by atoms with Crippen LogP contribution in [0.1, 0.15) is 25.3 Å². The van der Waals surface area contributed by atoms with Gasteiger partial charge in [-0.2, -0.15) is 0 Å². The van der Waals surface area contributed by atoms with Crippen LogP contribution in [0.3, 0.4) is 0 Å². The number of halogens is 2. The van der Waals surface area contributed by atoms with Gasteiger partial charge in [-0.15, -0.1) is 0 Å². The number of carbonyl (C=O) groups is 2. The molecule has 4 nitrogen and oxygen atoms in total. The number of hydrogen-bond acceptors (Lipinski definition) is 2. The number of aliphatic carboxylic acids is 1. The Bertz CT molecular complexity index is 539. The summed E-state index contributed by atoms with van der Waals surface area (Å²) in [7, 11) is 0. The molecule has 2 rings (SSSR count). The zero-order chi connectivity index (χ0) is 14.2. The van der Waals surface area contributed by atoms with Crippen LogP contribution in [-0.2, 0) is 15.0 Å². The van der Waals surface area contributed by atoms with E-state index in [-0.39, 0.29) is 30.4 Å². The van der Waals surface area contributed by atoms with Gasteiger partial charge in [-0.25, -0.2) is 8.78 Å². The van der Waals surface area contributed by atoms with Gasteiger partial charge in [0.15, 0.2) is 11.6 Å². The highest BCUT2D eigenvalue weighted by Gasteiger charge is 2.53. The summed E-state index contributed by atoms with van der Waals surface area (Å²) in [6.07, 6.45) is 0.116. The highest BCUT2D eigenvalue weighted by atomic mass is 19.2. The van der Waals surface area contributed by atoms with E-state index in [2.05, 4.69) is 5.32 Å².